The molecule has 1 aromatic carbocycles. The number of hydrogen-bond acceptors (Lipinski definition) is 4. The van der Waals surface area contributed by atoms with E-state index in [1.165, 1.54) is 0 Å². The number of urea groups is 1. The van der Waals surface area contributed by atoms with Crippen molar-refractivity contribution in [3.05, 3.63) is 18.2 Å². The van der Waals surface area contributed by atoms with Crippen molar-refractivity contribution >= 4 is 29.4 Å². The average Bonchev–Trinajstić information content (AvgIpc) is 2.54. The highest BCUT2D eigenvalue weighted by molar-refractivity contribution is 7.98. The summed E-state index contributed by atoms with van der Waals surface area (Å²) in [7, 11) is 1.55. The number of methoxy groups -OCH3 is 1. The van der Waals surface area contributed by atoms with Gasteiger partial charge >= 0.3 is 12.0 Å². The van der Waals surface area contributed by atoms with Gasteiger partial charge in [0, 0.05) is 18.0 Å². The Balaban J connectivity index is 2.10. The van der Waals surface area contributed by atoms with Crippen LogP contribution in [0.3, 0.4) is 0 Å². The summed E-state index contributed by atoms with van der Waals surface area (Å²) in [5, 5.41) is 12.0. The lowest BCUT2D eigenvalue weighted by molar-refractivity contribution is -0.143. The van der Waals surface area contributed by atoms with Crippen molar-refractivity contribution in [1.82, 2.24) is 4.90 Å². The van der Waals surface area contributed by atoms with Crippen molar-refractivity contribution < 1.29 is 19.4 Å². The lowest BCUT2D eigenvalue weighted by Gasteiger charge is -2.34. The molecule has 2 atom stereocenters. The topological polar surface area (TPSA) is 78.9 Å². The molecule has 1 aliphatic heterocycles. The van der Waals surface area contributed by atoms with Gasteiger partial charge in [0.15, 0.2) is 0 Å². The third-order valence-electron chi connectivity index (χ3n) is 3.95. The van der Waals surface area contributed by atoms with Gasteiger partial charge in [-0.25, -0.2) is 4.79 Å². The lowest BCUT2D eigenvalue weighted by atomic mass is 9.91. The van der Waals surface area contributed by atoms with Crippen molar-refractivity contribution in [3.63, 3.8) is 0 Å². The van der Waals surface area contributed by atoms with Gasteiger partial charge in [0.1, 0.15) is 5.75 Å². The highest BCUT2D eigenvalue weighted by Crippen LogP contribution is 2.30. The number of carbonyl (C=O) groups excluding carboxylic acids is 1. The van der Waals surface area contributed by atoms with E-state index in [4.69, 9.17) is 4.74 Å². The number of piperidine rings is 1. The van der Waals surface area contributed by atoms with Crippen molar-refractivity contribution in [3.8, 4) is 5.75 Å². The number of amides is 2. The summed E-state index contributed by atoms with van der Waals surface area (Å²) in [6.45, 7) is 2.75. The van der Waals surface area contributed by atoms with E-state index in [0.29, 0.717) is 24.4 Å². The number of anilines is 1. The van der Waals surface area contributed by atoms with Crippen LogP contribution in [-0.2, 0) is 4.79 Å². The van der Waals surface area contributed by atoms with Crippen LogP contribution in [-0.4, -0.2) is 48.5 Å². The van der Waals surface area contributed by atoms with Gasteiger partial charge < -0.3 is 20.1 Å². The van der Waals surface area contributed by atoms with E-state index < -0.39 is 11.9 Å². The van der Waals surface area contributed by atoms with Crippen molar-refractivity contribution in [1.29, 1.82) is 0 Å². The fourth-order valence-electron chi connectivity index (χ4n) is 2.79. The average molecular weight is 338 g/mol. The second-order valence-corrected chi connectivity index (χ2v) is 6.66. The first-order valence-electron chi connectivity index (χ1n) is 7.45. The number of nitrogens with one attached hydrogen (secondary N) is 1. The Hall–Kier alpha value is -1.89. The van der Waals surface area contributed by atoms with Gasteiger partial charge in [-0.05, 0) is 36.8 Å². The van der Waals surface area contributed by atoms with E-state index in [0.717, 1.165) is 4.90 Å². The molecule has 0 saturated carbocycles. The van der Waals surface area contributed by atoms with Crippen LogP contribution >= 0.6 is 11.8 Å². The Morgan fingerprint density at radius 1 is 1.39 bits per heavy atom. The molecule has 0 bridgehead atoms. The summed E-state index contributed by atoms with van der Waals surface area (Å²) < 4.78 is 5.32. The smallest absolute Gasteiger partial charge is 0.321 e. The molecule has 2 rings (SSSR count). The second-order valence-electron chi connectivity index (χ2n) is 5.78. The molecule has 6 nitrogen and oxygen atoms in total. The number of aliphatic carboxylic acids is 1. The zero-order chi connectivity index (χ0) is 17.0. The maximum absolute atomic E-state index is 12.5. The summed E-state index contributed by atoms with van der Waals surface area (Å²) in [5.74, 6) is -0.608. The number of likely N-dealkylation sites (tertiary alicyclic amines) is 1. The van der Waals surface area contributed by atoms with Crippen molar-refractivity contribution in [2.75, 3.05) is 31.8 Å². The number of hydrogen-bond donors (Lipinski definition) is 2. The van der Waals surface area contributed by atoms with Crippen molar-refractivity contribution in [2.24, 2.45) is 11.8 Å². The van der Waals surface area contributed by atoms with E-state index in [1.54, 1.807) is 29.8 Å². The second kappa shape index (κ2) is 7.59. The normalized spacial score (nSPS) is 20.9. The maximum Gasteiger partial charge on any atom is 0.321 e. The third kappa shape index (κ3) is 4.31. The van der Waals surface area contributed by atoms with Gasteiger partial charge in [-0.1, -0.05) is 6.92 Å². The number of rotatable bonds is 4. The molecule has 2 N–H and O–H groups in total. The fourth-order valence-corrected chi connectivity index (χ4v) is 3.22. The van der Waals surface area contributed by atoms with E-state index >= 15 is 0 Å². The zero-order valence-corrected chi connectivity index (χ0v) is 14.4. The Morgan fingerprint density at radius 3 is 2.74 bits per heavy atom. The summed E-state index contributed by atoms with van der Waals surface area (Å²) in [5.41, 5.74) is 0.584. The number of thioether (sulfide) groups is 1. The monoisotopic (exact) mass is 338 g/mol. The van der Waals surface area contributed by atoms with Crippen LogP contribution in [0.15, 0.2) is 23.1 Å². The minimum Gasteiger partial charge on any atom is -0.495 e. The molecule has 0 spiro atoms. The molecule has 2 unspecified atom stereocenters. The van der Waals surface area contributed by atoms with E-state index in [2.05, 4.69) is 5.32 Å². The molecular formula is C16H22N2O4S. The van der Waals surface area contributed by atoms with Gasteiger partial charge in [-0.15, -0.1) is 11.8 Å². The van der Waals surface area contributed by atoms with E-state index in [9.17, 15) is 14.7 Å². The molecule has 23 heavy (non-hydrogen) atoms. The summed E-state index contributed by atoms with van der Waals surface area (Å²) in [6.07, 6.45) is 2.57. The van der Waals surface area contributed by atoms with Crippen LogP contribution in [0.4, 0.5) is 10.5 Å². The molecule has 2 amide bonds. The Labute approximate surface area is 140 Å². The molecular weight excluding hydrogens is 316 g/mol. The van der Waals surface area contributed by atoms with Crippen LogP contribution in [0.5, 0.6) is 5.75 Å². The predicted molar refractivity (Wildman–Crippen MR) is 90.3 cm³/mol. The molecule has 0 aromatic heterocycles. The molecule has 126 valence electrons. The van der Waals surface area contributed by atoms with Crippen LogP contribution in [0.2, 0.25) is 0 Å². The van der Waals surface area contributed by atoms with Gasteiger partial charge in [0.05, 0.1) is 18.7 Å². The van der Waals surface area contributed by atoms with Gasteiger partial charge in [0.25, 0.3) is 0 Å². The number of carboxylic acid groups (broad SMARTS) is 1. The highest BCUT2D eigenvalue weighted by atomic mass is 32.2. The standard InChI is InChI=1S/C16H22N2O4S/c1-10-6-11(15(19)20)9-18(8-10)16(21)17-13-5-4-12(23-3)7-14(13)22-2/h4-5,7,10-11H,6,8-9H2,1-3H3,(H,17,21)(H,19,20). The third-order valence-corrected chi connectivity index (χ3v) is 4.67. The SMILES string of the molecule is COc1cc(SC)ccc1NC(=O)N1CC(C)CC(C(=O)O)C1. The van der Waals surface area contributed by atoms with Crippen LogP contribution in [0.25, 0.3) is 0 Å². The summed E-state index contributed by atoms with van der Waals surface area (Å²) in [6, 6.07) is 5.27. The Morgan fingerprint density at radius 2 is 2.13 bits per heavy atom. The van der Waals surface area contributed by atoms with E-state index in [1.807, 2.05) is 25.3 Å². The number of benzene rings is 1. The van der Waals surface area contributed by atoms with E-state index in [-0.39, 0.29) is 18.5 Å². The first-order valence-corrected chi connectivity index (χ1v) is 8.67. The Bertz CT molecular complexity index is 593. The summed E-state index contributed by atoms with van der Waals surface area (Å²) >= 11 is 1.59. The van der Waals surface area contributed by atoms with Crippen molar-refractivity contribution in [2.45, 2.75) is 18.2 Å². The molecule has 1 aromatic rings. The molecule has 1 aliphatic rings. The molecule has 1 heterocycles. The number of carboxylic acids is 1. The molecule has 0 radical (unpaired) electrons. The number of nitrogens with zero attached hydrogens (tertiary/aromatic N) is 1. The quantitative estimate of drug-likeness (QED) is 0.825. The first-order chi connectivity index (χ1) is 10.9. The molecule has 1 saturated heterocycles. The Kier molecular flexibility index (Phi) is 5.76. The fraction of sp³-hybridized carbons (Fsp3) is 0.500. The first kappa shape index (κ1) is 17.5. The molecule has 0 aliphatic carbocycles. The van der Waals surface area contributed by atoms with Gasteiger partial charge in [0.2, 0.25) is 0 Å². The summed E-state index contributed by atoms with van der Waals surface area (Å²) in [4.78, 5) is 26.3. The van der Waals surface area contributed by atoms with Crippen LogP contribution in [0, 0.1) is 11.8 Å². The van der Waals surface area contributed by atoms with Crippen LogP contribution in [0.1, 0.15) is 13.3 Å². The predicted octanol–water partition coefficient (Wildman–Crippen LogP) is 2.99. The maximum atomic E-state index is 12.5. The largest absolute Gasteiger partial charge is 0.495 e. The minimum atomic E-state index is -0.851. The zero-order valence-electron chi connectivity index (χ0n) is 13.5. The lowest BCUT2D eigenvalue weighted by Crippen LogP contribution is -2.47. The molecule has 1 fully saturated rings. The number of ether oxygens (including phenoxy) is 1. The van der Waals surface area contributed by atoms with Gasteiger partial charge in [-0.3, -0.25) is 4.79 Å². The van der Waals surface area contributed by atoms with Crippen LogP contribution < -0.4 is 10.1 Å². The minimum absolute atomic E-state index is 0.163. The highest BCUT2D eigenvalue weighted by Gasteiger charge is 2.32. The van der Waals surface area contributed by atoms with Gasteiger partial charge in [-0.2, -0.15) is 0 Å². The number of carbonyl (C=O) groups is 2. The molecule has 7 heteroatoms.